The largest absolute Gasteiger partial charge is 0.371 e. The summed E-state index contributed by atoms with van der Waals surface area (Å²) in [4.78, 5) is 12.4. The average molecular weight is 410 g/mol. The highest BCUT2D eigenvalue weighted by Gasteiger charge is 2.23. The van der Waals surface area contributed by atoms with Crippen LogP contribution in [-0.2, 0) is 12.6 Å². The lowest BCUT2D eigenvalue weighted by Crippen LogP contribution is -2.17. The molecule has 0 aliphatic rings. The Labute approximate surface area is 170 Å². The van der Waals surface area contributed by atoms with E-state index in [1.807, 2.05) is 41.4 Å². The van der Waals surface area contributed by atoms with Gasteiger partial charge < -0.3 is 15.4 Å². The van der Waals surface area contributed by atoms with Crippen molar-refractivity contribution in [2.75, 3.05) is 5.73 Å². The van der Waals surface area contributed by atoms with E-state index in [9.17, 15) is 5.11 Å². The minimum absolute atomic E-state index is 0.159. The quantitative estimate of drug-likeness (QED) is 0.494. The zero-order valence-corrected chi connectivity index (χ0v) is 16.7. The fourth-order valence-electron chi connectivity index (χ4n) is 2.94. The average Bonchev–Trinajstić information content (AvgIpc) is 3.31. The molecule has 0 bridgehead atoms. The van der Waals surface area contributed by atoms with E-state index in [1.54, 1.807) is 13.1 Å². The fraction of sp³-hybridized carbons (Fsp3) is 0.150. The topological polar surface area (TPSA) is 89.9 Å². The number of nitrogens with two attached hydrogens (primary N) is 1. The summed E-state index contributed by atoms with van der Waals surface area (Å²) in [5.74, 6) is 6.11. The Hall–Kier alpha value is -2.92. The Morgan fingerprint density at radius 1 is 1.32 bits per heavy atom. The van der Waals surface area contributed by atoms with E-state index >= 15 is 0 Å². The zero-order chi connectivity index (χ0) is 19.9. The van der Waals surface area contributed by atoms with Gasteiger partial charge >= 0.3 is 0 Å². The molecule has 3 heterocycles. The van der Waals surface area contributed by atoms with E-state index in [0.29, 0.717) is 15.7 Å². The van der Waals surface area contributed by atoms with Gasteiger partial charge in [0, 0.05) is 46.9 Å². The Kier molecular flexibility index (Phi) is 4.55. The number of rotatable bonds is 2. The summed E-state index contributed by atoms with van der Waals surface area (Å²) in [6, 6.07) is 5.83. The van der Waals surface area contributed by atoms with E-state index in [0.717, 1.165) is 22.0 Å². The smallest absolute Gasteiger partial charge is 0.220 e. The highest BCUT2D eigenvalue weighted by Crippen LogP contribution is 2.34. The van der Waals surface area contributed by atoms with Crippen LogP contribution in [-0.4, -0.2) is 24.6 Å². The minimum atomic E-state index is -1.31. The molecular weight excluding hydrogens is 394 g/mol. The molecule has 0 aliphatic heterocycles. The van der Waals surface area contributed by atoms with Gasteiger partial charge in [0.15, 0.2) is 5.60 Å². The van der Waals surface area contributed by atoms with Crippen LogP contribution in [0.15, 0.2) is 42.2 Å². The number of aromatic nitrogens is 4. The third kappa shape index (κ3) is 3.34. The number of thiazole rings is 1. The molecule has 3 N–H and O–H groups in total. The van der Waals surface area contributed by atoms with Gasteiger partial charge in [-0.05, 0) is 25.1 Å². The normalized spacial score (nSPS) is 13.1. The van der Waals surface area contributed by atoms with Crippen molar-refractivity contribution in [3.8, 4) is 23.1 Å². The first-order valence-electron chi connectivity index (χ1n) is 8.38. The van der Waals surface area contributed by atoms with Gasteiger partial charge in [0.05, 0.1) is 16.9 Å². The maximum absolute atomic E-state index is 10.6. The molecule has 28 heavy (non-hydrogen) atoms. The van der Waals surface area contributed by atoms with Crippen LogP contribution in [0.2, 0.25) is 5.02 Å². The molecule has 0 radical (unpaired) electrons. The predicted molar refractivity (Wildman–Crippen MR) is 112 cm³/mol. The SMILES string of the molecule is Cn1cc(-c2nc(N)ncc2Cl)c2cc(C#CC(C)(O)c3nccs3)ccc21. The van der Waals surface area contributed by atoms with Crippen molar-refractivity contribution in [3.63, 3.8) is 0 Å². The molecule has 3 aromatic heterocycles. The van der Waals surface area contributed by atoms with Crippen molar-refractivity contribution < 1.29 is 5.11 Å². The molecule has 0 amide bonds. The summed E-state index contributed by atoms with van der Waals surface area (Å²) in [5, 5.41) is 14.3. The van der Waals surface area contributed by atoms with Gasteiger partial charge in [-0.15, -0.1) is 11.3 Å². The van der Waals surface area contributed by atoms with Crippen LogP contribution in [0.25, 0.3) is 22.2 Å². The number of anilines is 1. The van der Waals surface area contributed by atoms with Crippen LogP contribution in [0.5, 0.6) is 0 Å². The van der Waals surface area contributed by atoms with Crippen LogP contribution >= 0.6 is 22.9 Å². The van der Waals surface area contributed by atoms with Crippen LogP contribution < -0.4 is 5.73 Å². The number of hydrogen-bond acceptors (Lipinski definition) is 6. The van der Waals surface area contributed by atoms with E-state index in [2.05, 4.69) is 26.8 Å². The molecule has 8 heteroatoms. The first-order valence-corrected chi connectivity index (χ1v) is 9.64. The zero-order valence-electron chi connectivity index (χ0n) is 15.1. The number of aliphatic hydroxyl groups is 1. The van der Waals surface area contributed by atoms with Crippen molar-refractivity contribution in [1.29, 1.82) is 0 Å². The fourth-order valence-corrected chi connectivity index (χ4v) is 3.79. The van der Waals surface area contributed by atoms with Gasteiger partial charge in [0.25, 0.3) is 0 Å². The number of nitrogens with zero attached hydrogens (tertiary/aromatic N) is 4. The van der Waals surface area contributed by atoms with Crippen LogP contribution in [0.3, 0.4) is 0 Å². The predicted octanol–water partition coefficient (Wildman–Crippen LogP) is 3.59. The van der Waals surface area contributed by atoms with Crippen LogP contribution in [0.1, 0.15) is 17.5 Å². The standard InChI is InChI=1S/C20H16ClN5OS/c1-20(27,18-23-7-8-28-18)6-5-12-3-4-16-13(9-12)14(11-26(16)2)17-15(21)10-24-19(22)25-17/h3-4,7-11,27H,1-2H3,(H2,22,24,25). The molecule has 1 unspecified atom stereocenters. The number of aryl methyl sites for hydroxylation is 1. The second-order valence-corrected chi connectivity index (χ2v) is 7.77. The maximum Gasteiger partial charge on any atom is 0.220 e. The molecule has 6 nitrogen and oxygen atoms in total. The van der Waals surface area contributed by atoms with Gasteiger partial charge in [0.1, 0.15) is 5.01 Å². The first kappa shape index (κ1) is 18.4. The molecule has 0 aliphatic carbocycles. The third-order valence-electron chi connectivity index (χ3n) is 4.31. The summed E-state index contributed by atoms with van der Waals surface area (Å²) < 4.78 is 1.99. The second-order valence-electron chi connectivity index (χ2n) is 6.47. The monoisotopic (exact) mass is 409 g/mol. The minimum Gasteiger partial charge on any atom is -0.371 e. The maximum atomic E-state index is 10.6. The number of nitrogen functional groups attached to an aromatic ring is 1. The van der Waals surface area contributed by atoms with Crippen molar-refractivity contribution >= 4 is 39.8 Å². The van der Waals surface area contributed by atoms with Crippen LogP contribution in [0, 0.1) is 11.8 Å². The van der Waals surface area contributed by atoms with Crippen molar-refractivity contribution in [2.45, 2.75) is 12.5 Å². The third-order valence-corrected chi connectivity index (χ3v) is 5.57. The van der Waals surface area contributed by atoms with E-state index in [-0.39, 0.29) is 5.95 Å². The van der Waals surface area contributed by atoms with Gasteiger partial charge in [-0.25, -0.2) is 15.0 Å². The van der Waals surface area contributed by atoms with Crippen molar-refractivity contribution in [3.05, 3.63) is 57.8 Å². The Bertz CT molecular complexity index is 1230. The molecule has 4 rings (SSSR count). The Morgan fingerprint density at radius 2 is 2.14 bits per heavy atom. The molecule has 4 aromatic rings. The lowest BCUT2D eigenvalue weighted by molar-refractivity contribution is 0.122. The Morgan fingerprint density at radius 3 is 2.89 bits per heavy atom. The van der Waals surface area contributed by atoms with E-state index in [4.69, 9.17) is 17.3 Å². The number of benzene rings is 1. The molecule has 140 valence electrons. The summed E-state index contributed by atoms with van der Waals surface area (Å²) >= 11 is 7.67. The van der Waals surface area contributed by atoms with Gasteiger partial charge in [-0.1, -0.05) is 23.4 Å². The lowest BCUT2D eigenvalue weighted by Gasteiger charge is -2.11. The summed E-state index contributed by atoms with van der Waals surface area (Å²) in [7, 11) is 1.95. The summed E-state index contributed by atoms with van der Waals surface area (Å²) in [6.45, 7) is 1.63. The van der Waals surface area contributed by atoms with Crippen molar-refractivity contribution in [2.24, 2.45) is 7.05 Å². The lowest BCUT2D eigenvalue weighted by atomic mass is 10.1. The first-order chi connectivity index (χ1) is 13.3. The molecule has 1 aromatic carbocycles. The molecule has 0 saturated carbocycles. The number of fused-ring (bicyclic) bond motifs is 1. The highest BCUT2D eigenvalue weighted by molar-refractivity contribution is 7.09. The molecule has 0 fully saturated rings. The van der Waals surface area contributed by atoms with Crippen molar-refractivity contribution in [1.82, 2.24) is 19.5 Å². The second kappa shape index (κ2) is 6.91. The number of hydrogen-bond donors (Lipinski definition) is 2. The summed E-state index contributed by atoms with van der Waals surface area (Å²) in [6.07, 6.45) is 5.09. The van der Waals surface area contributed by atoms with Crippen LogP contribution in [0.4, 0.5) is 5.95 Å². The van der Waals surface area contributed by atoms with Gasteiger partial charge in [0.2, 0.25) is 5.95 Å². The number of halogens is 1. The molecule has 0 saturated heterocycles. The highest BCUT2D eigenvalue weighted by atomic mass is 35.5. The summed E-state index contributed by atoms with van der Waals surface area (Å²) in [5.41, 5.74) is 7.60. The Balaban J connectivity index is 1.82. The van der Waals surface area contributed by atoms with E-state index in [1.165, 1.54) is 17.5 Å². The van der Waals surface area contributed by atoms with Gasteiger partial charge in [-0.3, -0.25) is 0 Å². The molecule has 0 spiro atoms. The van der Waals surface area contributed by atoms with Gasteiger partial charge in [-0.2, -0.15) is 0 Å². The molecule has 1 atom stereocenters. The van der Waals surface area contributed by atoms with E-state index < -0.39 is 5.60 Å². The molecular formula is C20H16ClN5OS.